The van der Waals surface area contributed by atoms with Crippen LogP contribution in [0.5, 0.6) is 0 Å². The summed E-state index contributed by atoms with van der Waals surface area (Å²) in [6.07, 6.45) is 1.23. The Kier molecular flexibility index (Phi) is 4.74. The van der Waals surface area contributed by atoms with E-state index in [1.807, 2.05) is 68.4 Å². The maximum Gasteiger partial charge on any atom is 0.255 e. The number of anilines is 3. The number of benzene rings is 2. The zero-order valence-electron chi connectivity index (χ0n) is 14.9. The summed E-state index contributed by atoms with van der Waals surface area (Å²) in [5, 5.41) is 2.95. The average molecular weight is 337 g/mol. The maximum atomic E-state index is 12.4. The van der Waals surface area contributed by atoms with E-state index in [1.165, 1.54) is 0 Å². The highest BCUT2D eigenvalue weighted by atomic mass is 16.2. The summed E-state index contributed by atoms with van der Waals surface area (Å²) >= 11 is 0. The number of hydrogen-bond donors (Lipinski definition) is 1. The number of aryl methyl sites for hydroxylation is 1. The summed E-state index contributed by atoms with van der Waals surface area (Å²) in [7, 11) is 3.93. The summed E-state index contributed by atoms with van der Waals surface area (Å²) in [4.78, 5) is 28.2. The Morgan fingerprint density at radius 3 is 2.48 bits per heavy atom. The molecular weight excluding hydrogens is 314 g/mol. The Morgan fingerprint density at radius 1 is 1.12 bits per heavy atom. The Labute approximate surface area is 148 Å². The van der Waals surface area contributed by atoms with Gasteiger partial charge in [-0.15, -0.1) is 0 Å². The van der Waals surface area contributed by atoms with Crippen LogP contribution in [0.3, 0.4) is 0 Å². The van der Waals surface area contributed by atoms with Gasteiger partial charge in [-0.25, -0.2) is 0 Å². The lowest BCUT2D eigenvalue weighted by Gasteiger charge is -2.28. The molecule has 0 saturated heterocycles. The number of nitrogens with zero attached hydrogens (tertiary/aromatic N) is 2. The second kappa shape index (κ2) is 6.97. The number of carbonyl (C=O) groups excluding carboxylic acids is 2. The minimum Gasteiger partial charge on any atom is -0.378 e. The van der Waals surface area contributed by atoms with Crippen LogP contribution >= 0.6 is 0 Å². The van der Waals surface area contributed by atoms with Crippen molar-refractivity contribution in [2.24, 2.45) is 0 Å². The molecule has 0 saturated carbocycles. The summed E-state index contributed by atoms with van der Waals surface area (Å²) in [5.74, 6) is 0.0252. The number of nitrogens with one attached hydrogen (secondary N) is 1. The van der Waals surface area contributed by atoms with E-state index in [-0.39, 0.29) is 11.8 Å². The van der Waals surface area contributed by atoms with Crippen molar-refractivity contribution < 1.29 is 9.59 Å². The first-order valence-corrected chi connectivity index (χ1v) is 8.51. The van der Waals surface area contributed by atoms with Crippen molar-refractivity contribution in [3.8, 4) is 0 Å². The molecule has 0 spiro atoms. The lowest BCUT2D eigenvalue weighted by Crippen LogP contribution is -2.34. The Hall–Kier alpha value is -2.82. The quantitative estimate of drug-likeness (QED) is 0.931. The molecule has 5 nitrogen and oxygen atoms in total. The fourth-order valence-electron chi connectivity index (χ4n) is 3.10. The molecule has 0 fully saturated rings. The van der Waals surface area contributed by atoms with Gasteiger partial charge in [-0.3, -0.25) is 9.59 Å². The van der Waals surface area contributed by atoms with Gasteiger partial charge in [-0.1, -0.05) is 0 Å². The second-order valence-electron chi connectivity index (χ2n) is 6.38. The minimum atomic E-state index is -0.135. The van der Waals surface area contributed by atoms with Gasteiger partial charge in [0.1, 0.15) is 0 Å². The van der Waals surface area contributed by atoms with E-state index in [1.54, 1.807) is 4.90 Å². The number of carbonyl (C=O) groups is 2. The van der Waals surface area contributed by atoms with Crippen LogP contribution in [-0.2, 0) is 11.2 Å². The fourth-order valence-corrected chi connectivity index (χ4v) is 3.10. The van der Waals surface area contributed by atoms with Gasteiger partial charge in [0.2, 0.25) is 5.91 Å². The Balaban J connectivity index is 1.77. The molecule has 2 aromatic rings. The average Bonchev–Trinajstić information content (AvgIpc) is 2.61. The molecule has 3 rings (SSSR count). The van der Waals surface area contributed by atoms with Crippen molar-refractivity contribution in [1.29, 1.82) is 0 Å². The van der Waals surface area contributed by atoms with Gasteiger partial charge in [0.25, 0.3) is 5.91 Å². The van der Waals surface area contributed by atoms with Crippen molar-refractivity contribution in [3.05, 3.63) is 53.6 Å². The van der Waals surface area contributed by atoms with Crippen LogP contribution in [0.2, 0.25) is 0 Å². The monoisotopic (exact) mass is 337 g/mol. The van der Waals surface area contributed by atoms with E-state index in [9.17, 15) is 9.59 Å². The minimum absolute atomic E-state index is 0.135. The predicted molar refractivity (Wildman–Crippen MR) is 102 cm³/mol. The van der Waals surface area contributed by atoms with E-state index in [0.29, 0.717) is 24.9 Å². The molecule has 0 atom stereocenters. The SMILES string of the molecule is CCN1C(=O)CCc2cc(NC(=O)c3ccc(N(C)C)cc3)ccc21. The molecule has 0 aliphatic carbocycles. The third-order valence-electron chi connectivity index (χ3n) is 4.50. The molecule has 2 amide bonds. The van der Waals surface area contributed by atoms with Crippen LogP contribution in [0.15, 0.2) is 42.5 Å². The van der Waals surface area contributed by atoms with Crippen molar-refractivity contribution in [2.45, 2.75) is 19.8 Å². The Morgan fingerprint density at radius 2 is 1.84 bits per heavy atom. The molecule has 1 heterocycles. The van der Waals surface area contributed by atoms with Crippen molar-refractivity contribution in [2.75, 3.05) is 35.8 Å². The molecule has 0 unspecified atom stereocenters. The van der Waals surface area contributed by atoms with Crippen LogP contribution in [0.4, 0.5) is 17.1 Å². The van der Waals surface area contributed by atoms with E-state index >= 15 is 0 Å². The number of fused-ring (bicyclic) bond motifs is 1. The summed E-state index contributed by atoms with van der Waals surface area (Å²) in [6, 6.07) is 13.2. The van der Waals surface area contributed by atoms with Gasteiger partial charge in [0.15, 0.2) is 0 Å². The molecule has 2 aromatic carbocycles. The standard InChI is InChI=1S/C20H23N3O2/c1-4-23-18-11-8-16(13-15(18)7-12-19(23)24)21-20(25)14-5-9-17(10-6-14)22(2)3/h5-6,8-11,13H,4,7,12H2,1-3H3,(H,21,25). The van der Waals surface area contributed by atoms with Crippen LogP contribution < -0.4 is 15.1 Å². The molecule has 1 N–H and O–H groups in total. The van der Waals surface area contributed by atoms with E-state index in [4.69, 9.17) is 0 Å². The van der Waals surface area contributed by atoms with E-state index in [0.717, 1.165) is 22.6 Å². The Bertz CT molecular complexity index is 797. The van der Waals surface area contributed by atoms with E-state index in [2.05, 4.69) is 5.32 Å². The molecule has 0 bridgehead atoms. The van der Waals surface area contributed by atoms with Crippen molar-refractivity contribution in [1.82, 2.24) is 0 Å². The first-order valence-electron chi connectivity index (χ1n) is 8.51. The van der Waals surface area contributed by atoms with Crippen molar-refractivity contribution in [3.63, 3.8) is 0 Å². The summed E-state index contributed by atoms with van der Waals surface area (Å²) < 4.78 is 0. The third-order valence-corrected chi connectivity index (χ3v) is 4.50. The largest absolute Gasteiger partial charge is 0.378 e. The predicted octanol–water partition coefficient (Wildman–Crippen LogP) is 3.30. The normalized spacial score (nSPS) is 13.4. The zero-order valence-corrected chi connectivity index (χ0v) is 14.9. The molecule has 25 heavy (non-hydrogen) atoms. The lowest BCUT2D eigenvalue weighted by molar-refractivity contribution is -0.118. The molecule has 1 aliphatic rings. The van der Waals surface area contributed by atoms with E-state index < -0.39 is 0 Å². The number of amides is 2. The third kappa shape index (κ3) is 3.50. The lowest BCUT2D eigenvalue weighted by atomic mass is 10.0. The molecule has 130 valence electrons. The fraction of sp³-hybridized carbons (Fsp3) is 0.300. The first-order chi connectivity index (χ1) is 12.0. The second-order valence-corrected chi connectivity index (χ2v) is 6.38. The smallest absolute Gasteiger partial charge is 0.255 e. The molecular formula is C20H23N3O2. The summed E-state index contributed by atoms with van der Waals surface area (Å²) in [5.41, 5.74) is 4.48. The molecule has 1 aliphatic heterocycles. The van der Waals surface area contributed by atoms with Gasteiger partial charge < -0.3 is 15.1 Å². The first kappa shape index (κ1) is 17.0. The molecule has 0 radical (unpaired) electrons. The maximum absolute atomic E-state index is 12.4. The van der Waals surface area contributed by atoms with Crippen LogP contribution in [0.1, 0.15) is 29.3 Å². The van der Waals surface area contributed by atoms with Gasteiger partial charge in [0, 0.05) is 49.7 Å². The number of rotatable bonds is 4. The van der Waals surface area contributed by atoms with Gasteiger partial charge in [-0.05, 0) is 61.4 Å². The number of hydrogen-bond acceptors (Lipinski definition) is 3. The highest BCUT2D eigenvalue weighted by Crippen LogP contribution is 2.30. The van der Waals surface area contributed by atoms with Gasteiger partial charge >= 0.3 is 0 Å². The molecule has 5 heteroatoms. The summed E-state index contributed by atoms with van der Waals surface area (Å²) in [6.45, 7) is 2.63. The van der Waals surface area contributed by atoms with Crippen LogP contribution in [-0.4, -0.2) is 32.5 Å². The van der Waals surface area contributed by atoms with Crippen LogP contribution in [0.25, 0.3) is 0 Å². The topological polar surface area (TPSA) is 52.7 Å². The van der Waals surface area contributed by atoms with Gasteiger partial charge in [0.05, 0.1) is 0 Å². The zero-order chi connectivity index (χ0) is 18.0. The van der Waals surface area contributed by atoms with Crippen molar-refractivity contribution >= 4 is 28.9 Å². The highest BCUT2D eigenvalue weighted by Gasteiger charge is 2.23. The molecule has 0 aromatic heterocycles. The van der Waals surface area contributed by atoms with Crippen LogP contribution in [0, 0.1) is 0 Å². The van der Waals surface area contributed by atoms with Gasteiger partial charge in [-0.2, -0.15) is 0 Å². The highest BCUT2D eigenvalue weighted by molar-refractivity contribution is 6.05.